The van der Waals surface area contributed by atoms with Gasteiger partial charge in [0.1, 0.15) is 17.1 Å². The Balaban J connectivity index is 1.90. The fourth-order valence-electron chi connectivity index (χ4n) is 4.94. The van der Waals surface area contributed by atoms with Crippen LogP contribution < -0.4 is 14.8 Å². The van der Waals surface area contributed by atoms with Gasteiger partial charge in [0.15, 0.2) is 5.54 Å². The monoisotopic (exact) mass is 568 g/mol. The van der Waals surface area contributed by atoms with Gasteiger partial charge in [-0.3, -0.25) is 0 Å². The molecule has 1 saturated carbocycles. The summed E-state index contributed by atoms with van der Waals surface area (Å²) in [6.45, 7) is 5.35. The molecule has 1 unspecified atom stereocenters. The molecule has 1 aliphatic carbocycles. The van der Waals surface area contributed by atoms with E-state index in [0.717, 1.165) is 12.0 Å². The van der Waals surface area contributed by atoms with Gasteiger partial charge in [0.2, 0.25) is 0 Å². The van der Waals surface area contributed by atoms with E-state index in [1.165, 1.54) is 17.0 Å². The minimum Gasteiger partial charge on any atom is -0.493 e. The van der Waals surface area contributed by atoms with Crippen molar-refractivity contribution in [1.82, 2.24) is 10.2 Å². The molecule has 1 atom stereocenters. The van der Waals surface area contributed by atoms with Crippen LogP contribution in [0, 0.1) is 0 Å². The van der Waals surface area contributed by atoms with Crippen molar-refractivity contribution in [3.05, 3.63) is 59.2 Å². The number of benzene rings is 2. The van der Waals surface area contributed by atoms with Crippen molar-refractivity contribution in [1.29, 1.82) is 0 Å². The van der Waals surface area contributed by atoms with Crippen LogP contribution >= 0.6 is 0 Å². The molecule has 2 aromatic rings. The number of carboxylic acid groups (broad SMARTS) is 1. The maximum atomic E-state index is 13.9. The highest BCUT2D eigenvalue weighted by Gasteiger charge is 2.62. The van der Waals surface area contributed by atoms with Crippen LogP contribution in [0.25, 0.3) is 0 Å². The number of urea groups is 1. The van der Waals surface area contributed by atoms with Gasteiger partial charge in [-0.15, -0.1) is 0 Å². The van der Waals surface area contributed by atoms with Crippen molar-refractivity contribution in [3.63, 3.8) is 0 Å². The summed E-state index contributed by atoms with van der Waals surface area (Å²) < 4.78 is 66.2. The molecule has 2 N–H and O–H groups in total. The van der Waals surface area contributed by atoms with E-state index in [-0.39, 0.29) is 31.3 Å². The lowest BCUT2D eigenvalue weighted by Crippen LogP contribution is -2.68. The number of carboxylic acids is 1. The number of alkyl halides is 4. The van der Waals surface area contributed by atoms with Crippen molar-refractivity contribution < 1.29 is 41.7 Å². The molecule has 0 radical (unpaired) electrons. The molecule has 0 spiro atoms. The highest BCUT2D eigenvalue weighted by atomic mass is 19.3. The second-order valence-corrected chi connectivity index (χ2v) is 9.94. The predicted molar refractivity (Wildman–Crippen MR) is 141 cm³/mol. The molecule has 2 amide bonds. The normalized spacial score (nSPS) is 16.1. The highest BCUT2D eigenvalue weighted by molar-refractivity contribution is 5.88. The van der Waals surface area contributed by atoms with Crippen LogP contribution in [-0.4, -0.2) is 53.2 Å². The molecule has 40 heavy (non-hydrogen) atoms. The molecular weight excluding hydrogens is 532 g/mol. The first-order valence-corrected chi connectivity index (χ1v) is 13.4. The van der Waals surface area contributed by atoms with Gasteiger partial charge in [-0.1, -0.05) is 30.3 Å². The Morgan fingerprint density at radius 2 is 1.60 bits per heavy atom. The summed E-state index contributed by atoms with van der Waals surface area (Å²) in [5.41, 5.74) is -0.967. The van der Waals surface area contributed by atoms with Gasteiger partial charge in [0, 0.05) is 19.4 Å². The number of ether oxygens (including phenoxy) is 2. The number of amides is 2. The van der Waals surface area contributed by atoms with E-state index in [1.807, 2.05) is 30.3 Å². The molecule has 11 heteroatoms. The smallest absolute Gasteiger partial charge is 0.329 e. The van der Waals surface area contributed by atoms with E-state index in [2.05, 4.69) is 5.32 Å². The molecule has 0 aliphatic heterocycles. The zero-order chi connectivity index (χ0) is 29.5. The fourth-order valence-corrected chi connectivity index (χ4v) is 4.94. The number of aliphatic carboxylic acids is 1. The lowest BCUT2D eigenvalue weighted by atomic mass is 9.73. The molecular formula is C29H36F4N2O5. The lowest BCUT2D eigenvalue weighted by Gasteiger charge is -2.45. The standard InChI is InChI=1S/C29H36F4N2O5/c1-4-39-22-15-21(16-23(40-5-2)24(22)25(30)31)19(3)35(14-10-9-13-20-11-7-6-8-12-20)27(38)34-28(26(36)37)17-29(32,33)18-28/h6-8,11-12,15-16,19,25H,4-5,9-10,13-14,17-18H2,1-3H3,(H,34,38)(H,36,37). The summed E-state index contributed by atoms with van der Waals surface area (Å²) in [5.74, 6) is -4.91. The molecule has 2 aromatic carbocycles. The fraction of sp³-hybridized carbons (Fsp3) is 0.517. The number of halogens is 4. The number of nitrogens with zero attached hydrogens (tertiary/aromatic N) is 1. The third-order valence-electron chi connectivity index (χ3n) is 6.99. The van der Waals surface area contributed by atoms with Crippen LogP contribution in [0.2, 0.25) is 0 Å². The third-order valence-corrected chi connectivity index (χ3v) is 6.99. The summed E-state index contributed by atoms with van der Waals surface area (Å²) >= 11 is 0. The maximum Gasteiger partial charge on any atom is 0.329 e. The molecule has 0 saturated heterocycles. The highest BCUT2D eigenvalue weighted by Crippen LogP contribution is 2.46. The van der Waals surface area contributed by atoms with Gasteiger partial charge in [-0.05, 0) is 63.3 Å². The first-order chi connectivity index (χ1) is 18.9. The van der Waals surface area contributed by atoms with E-state index in [9.17, 15) is 32.3 Å². The van der Waals surface area contributed by atoms with Gasteiger partial charge in [-0.25, -0.2) is 27.2 Å². The molecule has 1 fully saturated rings. The van der Waals surface area contributed by atoms with E-state index in [4.69, 9.17) is 9.47 Å². The topological polar surface area (TPSA) is 88.1 Å². The Hall–Kier alpha value is -3.50. The van der Waals surface area contributed by atoms with Crippen molar-refractivity contribution in [2.75, 3.05) is 19.8 Å². The molecule has 7 nitrogen and oxygen atoms in total. The predicted octanol–water partition coefficient (Wildman–Crippen LogP) is 6.77. The Bertz CT molecular complexity index is 1130. The first kappa shape index (κ1) is 31.0. The van der Waals surface area contributed by atoms with E-state index >= 15 is 0 Å². The molecule has 0 bridgehead atoms. The quantitative estimate of drug-likeness (QED) is 0.194. The SMILES string of the molecule is CCOc1cc(C(C)N(CCCCc2ccccc2)C(=O)NC2(C(=O)O)CC(F)(F)C2)cc(OCC)c1C(F)F. The van der Waals surface area contributed by atoms with Crippen molar-refractivity contribution in [3.8, 4) is 11.5 Å². The Labute approximate surface area is 231 Å². The second-order valence-electron chi connectivity index (χ2n) is 9.94. The number of carbonyl (C=O) groups excluding carboxylic acids is 1. The zero-order valence-corrected chi connectivity index (χ0v) is 22.9. The number of hydrogen-bond acceptors (Lipinski definition) is 4. The summed E-state index contributed by atoms with van der Waals surface area (Å²) in [4.78, 5) is 26.7. The zero-order valence-electron chi connectivity index (χ0n) is 22.9. The number of hydrogen-bond donors (Lipinski definition) is 2. The van der Waals surface area contributed by atoms with Gasteiger partial charge in [-0.2, -0.15) is 0 Å². The third kappa shape index (κ3) is 7.37. The van der Waals surface area contributed by atoms with Crippen molar-refractivity contribution in [2.24, 2.45) is 0 Å². The minimum atomic E-state index is -3.19. The largest absolute Gasteiger partial charge is 0.493 e. The minimum absolute atomic E-state index is 0.0876. The Kier molecular flexibility index (Phi) is 10.3. The lowest BCUT2D eigenvalue weighted by molar-refractivity contribution is -0.175. The van der Waals surface area contributed by atoms with Gasteiger partial charge < -0.3 is 24.8 Å². The van der Waals surface area contributed by atoms with E-state index in [0.29, 0.717) is 18.4 Å². The van der Waals surface area contributed by atoms with Crippen LogP contribution in [-0.2, 0) is 11.2 Å². The van der Waals surface area contributed by atoms with Crippen LogP contribution in [0.15, 0.2) is 42.5 Å². The van der Waals surface area contributed by atoms with Gasteiger partial charge in [0.05, 0.1) is 19.3 Å². The van der Waals surface area contributed by atoms with Crippen molar-refractivity contribution >= 4 is 12.0 Å². The average molecular weight is 569 g/mol. The molecule has 0 heterocycles. The first-order valence-electron chi connectivity index (χ1n) is 13.4. The summed E-state index contributed by atoms with van der Waals surface area (Å²) in [5, 5.41) is 12.0. The van der Waals surface area contributed by atoms with Gasteiger partial charge >= 0.3 is 12.0 Å². The van der Waals surface area contributed by atoms with Crippen LogP contribution in [0.5, 0.6) is 11.5 Å². The maximum absolute atomic E-state index is 13.9. The van der Waals surface area contributed by atoms with Gasteiger partial charge in [0.25, 0.3) is 12.3 Å². The number of carbonyl (C=O) groups is 2. The second kappa shape index (κ2) is 13.2. The molecule has 1 aliphatic rings. The Morgan fingerprint density at radius 3 is 2.08 bits per heavy atom. The van der Waals surface area contributed by atoms with Crippen LogP contribution in [0.1, 0.15) is 75.6 Å². The van der Waals surface area contributed by atoms with Crippen molar-refractivity contribution in [2.45, 2.75) is 76.8 Å². The van der Waals surface area contributed by atoms with Crippen LogP contribution in [0.3, 0.4) is 0 Å². The molecule has 0 aromatic heterocycles. The van der Waals surface area contributed by atoms with E-state index in [1.54, 1.807) is 20.8 Å². The van der Waals surface area contributed by atoms with E-state index < -0.39 is 54.3 Å². The average Bonchev–Trinajstić information content (AvgIpc) is 2.87. The summed E-state index contributed by atoms with van der Waals surface area (Å²) in [6, 6.07) is 10.9. The number of nitrogens with one attached hydrogen (secondary N) is 1. The molecule has 220 valence electrons. The number of aryl methyl sites for hydroxylation is 1. The summed E-state index contributed by atoms with van der Waals surface area (Å²) in [7, 11) is 0. The number of rotatable bonds is 14. The molecule has 3 rings (SSSR count). The summed E-state index contributed by atoms with van der Waals surface area (Å²) in [6.07, 6.45) is -2.94. The van der Waals surface area contributed by atoms with Crippen LogP contribution in [0.4, 0.5) is 22.4 Å². The number of unbranched alkanes of at least 4 members (excludes halogenated alkanes) is 1. The Morgan fingerprint density at radius 1 is 1.02 bits per heavy atom.